The van der Waals surface area contributed by atoms with E-state index in [0.29, 0.717) is 0 Å². The number of furan rings is 1. The van der Waals surface area contributed by atoms with Crippen LogP contribution in [0.5, 0.6) is 0 Å². The van der Waals surface area contributed by atoms with Crippen LogP contribution in [0, 0.1) is 0 Å². The molecule has 7 aromatic carbocycles. The number of benzene rings is 7. The van der Waals surface area contributed by atoms with Crippen LogP contribution in [0.3, 0.4) is 0 Å². The molecule has 2 heteroatoms. The third kappa shape index (κ3) is 3.21. The minimum absolute atomic E-state index is 0.925. The van der Waals surface area contributed by atoms with E-state index in [1.165, 1.54) is 32.3 Å². The highest BCUT2D eigenvalue weighted by Gasteiger charge is 2.16. The number of fused-ring (bicyclic) bond motifs is 7. The molecule has 0 amide bonds. The molecule has 0 aliphatic carbocycles. The normalized spacial score (nSPS) is 11.7. The van der Waals surface area contributed by atoms with Crippen LogP contribution in [0.2, 0.25) is 0 Å². The Kier molecular flexibility index (Phi) is 4.55. The van der Waals surface area contributed by atoms with Crippen molar-refractivity contribution in [3.63, 3.8) is 0 Å². The van der Waals surface area contributed by atoms with Crippen molar-refractivity contribution in [2.45, 2.75) is 0 Å². The third-order valence-corrected chi connectivity index (χ3v) is 7.60. The van der Waals surface area contributed by atoms with Crippen molar-refractivity contribution >= 4 is 71.3 Å². The zero-order chi connectivity index (χ0) is 25.1. The van der Waals surface area contributed by atoms with Crippen LogP contribution in [0.15, 0.2) is 144 Å². The van der Waals surface area contributed by atoms with Crippen LogP contribution in [-0.2, 0) is 0 Å². The number of hydrogen-bond donors (Lipinski definition) is 0. The van der Waals surface area contributed by atoms with E-state index < -0.39 is 0 Å². The summed E-state index contributed by atoms with van der Waals surface area (Å²) < 4.78 is 6.18. The third-order valence-electron chi connectivity index (χ3n) is 7.60. The van der Waals surface area contributed by atoms with E-state index in [2.05, 4.69) is 132 Å². The highest BCUT2D eigenvalue weighted by molar-refractivity contribution is 6.17. The maximum Gasteiger partial charge on any atom is 0.136 e. The first-order chi connectivity index (χ1) is 18.8. The Bertz CT molecular complexity index is 2130. The molecule has 1 heterocycles. The fourth-order valence-electron chi connectivity index (χ4n) is 5.81. The van der Waals surface area contributed by atoms with Crippen LogP contribution < -0.4 is 4.90 Å². The monoisotopic (exact) mass is 485 g/mol. The van der Waals surface area contributed by atoms with E-state index in [1.807, 2.05) is 12.1 Å². The Morgan fingerprint density at radius 1 is 0.368 bits per heavy atom. The molecule has 178 valence electrons. The van der Waals surface area contributed by atoms with Gasteiger partial charge in [-0.15, -0.1) is 0 Å². The summed E-state index contributed by atoms with van der Waals surface area (Å²) in [6.07, 6.45) is 0. The van der Waals surface area contributed by atoms with Gasteiger partial charge in [0.05, 0.1) is 5.69 Å². The highest BCUT2D eigenvalue weighted by Crippen LogP contribution is 2.41. The first-order valence-electron chi connectivity index (χ1n) is 12.9. The Morgan fingerprint density at radius 3 is 1.97 bits per heavy atom. The predicted molar refractivity (Wildman–Crippen MR) is 161 cm³/mol. The Hall–Kier alpha value is -5.08. The van der Waals surface area contributed by atoms with Crippen molar-refractivity contribution in [3.8, 4) is 0 Å². The van der Waals surface area contributed by atoms with E-state index in [1.54, 1.807) is 0 Å². The lowest BCUT2D eigenvalue weighted by atomic mass is 9.98. The van der Waals surface area contributed by atoms with Crippen molar-refractivity contribution in [2.24, 2.45) is 0 Å². The molecule has 0 aliphatic rings. The van der Waals surface area contributed by atoms with Gasteiger partial charge in [-0.3, -0.25) is 0 Å². The molecule has 0 fully saturated rings. The summed E-state index contributed by atoms with van der Waals surface area (Å²) in [5.41, 5.74) is 5.28. The number of anilines is 3. The van der Waals surface area contributed by atoms with E-state index in [4.69, 9.17) is 4.42 Å². The first kappa shape index (κ1) is 21.0. The number of para-hydroxylation sites is 2. The Labute approximate surface area is 220 Å². The lowest BCUT2D eigenvalue weighted by Crippen LogP contribution is -2.10. The summed E-state index contributed by atoms with van der Waals surface area (Å²) in [5.74, 6) is 0. The molecule has 2 nitrogen and oxygen atoms in total. The lowest BCUT2D eigenvalue weighted by Gasteiger charge is -2.27. The molecule has 0 saturated heterocycles. The quantitative estimate of drug-likeness (QED) is 0.231. The van der Waals surface area contributed by atoms with Gasteiger partial charge in [0.2, 0.25) is 0 Å². The zero-order valence-electron chi connectivity index (χ0n) is 20.6. The standard InChI is InChI=1S/C36H23NO/c1-2-11-27(12-3-1)37(34-15-8-10-24-9-4-5-13-29(24)34)28-20-19-25-17-18-26-21-36-33(23-32(26)31(25)22-28)30-14-6-7-16-35(30)38-36/h1-23H. The Balaban J connectivity index is 1.42. The summed E-state index contributed by atoms with van der Waals surface area (Å²) in [5, 5.41) is 9.62. The number of hydrogen-bond acceptors (Lipinski definition) is 2. The minimum Gasteiger partial charge on any atom is -0.456 e. The summed E-state index contributed by atoms with van der Waals surface area (Å²) in [6, 6.07) is 49.7. The Morgan fingerprint density at radius 2 is 1.05 bits per heavy atom. The SMILES string of the molecule is c1ccc(N(c2ccc3ccc4cc5oc6ccccc6c5cc4c3c2)c2cccc3ccccc23)cc1. The summed E-state index contributed by atoms with van der Waals surface area (Å²) in [6.45, 7) is 0. The molecule has 1 aromatic heterocycles. The van der Waals surface area contributed by atoms with Crippen molar-refractivity contribution in [2.75, 3.05) is 4.90 Å². The van der Waals surface area contributed by atoms with Gasteiger partial charge in [0.1, 0.15) is 11.2 Å². The van der Waals surface area contributed by atoms with Gasteiger partial charge in [0.25, 0.3) is 0 Å². The molecule has 0 aliphatic heterocycles. The van der Waals surface area contributed by atoms with E-state index in [-0.39, 0.29) is 0 Å². The minimum atomic E-state index is 0.925. The van der Waals surface area contributed by atoms with Crippen LogP contribution in [0.4, 0.5) is 17.1 Å². The molecule has 8 rings (SSSR count). The fourth-order valence-corrected chi connectivity index (χ4v) is 5.81. The van der Waals surface area contributed by atoms with Gasteiger partial charge in [0, 0.05) is 27.5 Å². The van der Waals surface area contributed by atoms with Crippen molar-refractivity contribution in [1.82, 2.24) is 0 Å². The van der Waals surface area contributed by atoms with Gasteiger partial charge >= 0.3 is 0 Å². The van der Waals surface area contributed by atoms with E-state index in [9.17, 15) is 0 Å². The molecule has 0 spiro atoms. The van der Waals surface area contributed by atoms with Crippen molar-refractivity contribution in [1.29, 1.82) is 0 Å². The lowest BCUT2D eigenvalue weighted by molar-refractivity contribution is 0.669. The molecule has 0 N–H and O–H groups in total. The molecule has 0 atom stereocenters. The van der Waals surface area contributed by atoms with Gasteiger partial charge in [0.15, 0.2) is 0 Å². The molecule has 0 radical (unpaired) electrons. The average molecular weight is 486 g/mol. The van der Waals surface area contributed by atoms with Gasteiger partial charge < -0.3 is 9.32 Å². The summed E-state index contributed by atoms with van der Waals surface area (Å²) in [7, 11) is 0. The van der Waals surface area contributed by atoms with Crippen LogP contribution in [0.1, 0.15) is 0 Å². The van der Waals surface area contributed by atoms with Crippen molar-refractivity contribution in [3.05, 3.63) is 140 Å². The molecule has 8 aromatic rings. The van der Waals surface area contributed by atoms with Gasteiger partial charge in [-0.2, -0.15) is 0 Å². The second kappa shape index (κ2) is 8.22. The largest absolute Gasteiger partial charge is 0.456 e. The fraction of sp³-hybridized carbons (Fsp3) is 0. The zero-order valence-corrected chi connectivity index (χ0v) is 20.6. The van der Waals surface area contributed by atoms with Crippen molar-refractivity contribution < 1.29 is 4.42 Å². The predicted octanol–water partition coefficient (Wildman–Crippen LogP) is 10.5. The molecule has 38 heavy (non-hydrogen) atoms. The second-order valence-electron chi connectivity index (χ2n) is 9.81. The molecule has 0 bridgehead atoms. The highest BCUT2D eigenvalue weighted by atomic mass is 16.3. The van der Waals surface area contributed by atoms with Gasteiger partial charge in [-0.1, -0.05) is 91.0 Å². The number of nitrogens with zero attached hydrogens (tertiary/aromatic N) is 1. The molecule has 0 saturated carbocycles. The van der Waals surface area contributed by atoms with Crippen LogP contribution in [0.25, 0.3) is 54.3 Å². The maximum atomic E-state index is 6.18. The molecule has 0 unspecified atom stereocenters. The van der Waals surface area contributed by atoms with E-state index >= 15 is 0 Å². The second-order valence-corrected chi connectivity index (χ2v) is 9.81. The smallest absolute Gasteiger partial charge is 0.136 e. The topological polar surface area (TPSA) is 16.4 Å². The first-order valence-corrected chi connectivity index (χ1v) is 12.9. The molecular weight excluding hydrogens is 462 g/mol. The summed E-state index contributed by atoms with van der Waals surface area (Å²) in [4.78, 5) is 2.37. The van der Waals surface area contributed by atoms with Crippen LogP contribution >= 0.6 is 0 Å². The summed E-state index contributed by atoms with van der Waals surface area (Å²) >= 11 is 0. The molecular formula is C36H23NO. The number of rotatable bonds is 3. The van der Waals surface area contributed by atoms with E-state index in [0.717, 1.165) is 39.0 Å². The maximum absolute atomic E-state index is 6.18. The average Bonchev–Trinajstić information content (AvgIpc) is 3.34. The van der Waals surface area contributed by atoms with Gasteiger partial charge in [-0.05, 0) is 75.5 Å². The van der Waals surface area contributed by atoms with Gasteiger partial charge in [-0.25, -0.2) is 0 Å². The van der Waals surface area contributed by atoms with Crippen LogP contribution in [-0.4, -0.2) is 0 Å².